The molecule has 0 aromatic heterocycles. The molecule has 2 aromatic rings. The lowest BCUT2D eigenvalue weighted by Gasteiger charge is -2.35. The van der Waals surface area contributed by atoms with Gasteiger partial charge in [-0.05, 0) is 42.5 Å². The quantitative estimate of drug-likeness (QED) is 0.603. The second-order valence-corrected chi connectivity index (χ2v) is 9.21. The molecule has 7 nitrogen and oxygen atoms in total. The molecule has 3 rings (SSSR count). The number of alkyl halides is 6. The SMILES string of the molecule is NS(=O)(=O)c1ccc(N2CCN(CC(=O)Nc3cc(C(F)(F)F)cc(C(F)(F)F)c3)CC2)cc1. The maximum Gasteiger partial charge on any atom is 0.416 e. The van der Waals surface area contributed by atoms with E-state index < -0.39 is 45.1 Å². The minimum Gasteiger partial charge on any atom is -0.369 e. The summed E-state index contributed by atoms with van der Waals surface area (Å²) in [6.07, 6.45) is -10.0. The van der Waals surface area contributed by atoms with E-state index >= 15 is 0 Å². The number of amides is 1. The highest BCUT2D eigenvalue weighted by atomic mass is 32.2. The number of nitrogens with one attached hydrogen (secondary N) is 1. The van der Waals surface area contributed by atoms with E-state index in [0.717, 1.165) is 5.69 Å². The third kappa shape index (κ3) is 6.61. The number of primary sulfonamides is 1. The number of piperazine rings is 1. The van der Waals surface area contributed by atoms with Gasteiger partial charge in [-0.15, -0.1) is 0 Å². The Hall–Kier alpha value is -2.84. The number of benzene rings is 2. The summed E-state index contributed by atoms with van der Waals surface area (Å²) in [4.78, 5) is 15.9. The number of anilines is 2. The van der Waals surface area contributed by atoms with Crippen molar-refractivity contribution >= 4 is 27.3 Å². The molecule has 1 saturated heterocycles. The van der Waals surface area contributed by atoms with Gasteiger partial charge in [-0.1, -0.05) is 0 Å². The molecule has 2 aromatic carbocycles. The van der Waals surface area contributed by atoms with Crippen molar-refractivity contribution in [3.8, 4) is 0 Å². The van der Waals surface area contributed by atoms with E-state index in [0.29, 0.717) is 38.3 Å². The van der Waals surface area contributed by atoms with Gasteiger partial charge in [0.05, 0.1) is 22.6 Å². The van der Waals surface area contributed by atoms with E-state index in [9.17, 15) is 39.6 Å². The van der Waals surface area contributed by atoms with Crippen molar-refractivity contribution in [2.75, 3.05) is 42.9 Å². The van der Waals surface area contributed by atoms with Gasteiger partial charge in [-0.2, -0.15) is 26.3 Å². The van der Waals surface area contributed by atoms with Gasteiger partial charge in [0.15, 0.2) is 0 Å². The van der Waals surface area contributed by atoms with E-state index in [4.69, 9.17) is 5.14 Å². The summed E-state index contributed by atoms with van der Waals surface area (Å²) in [6, 6.07) is 6.82. The Balaban J connectivity index is 1.60. The highest BCUT2D eigenvalue weighted by Gasteiger charge is 2.37. The van der Waals surface area contributed by atoms with Crippen LogP contribution in [0.5, 0.6) is 0 Å². The van der Waals surface area contributed by atoms with Crippen molar-refractivity contribution in [1.29, 1.82) is 0 Å². The summed E-state index contributed by atoms with van der Waals surface area (Å²) in [5.41, 5.74) is -2.89. The molecule has 0 spiro atoms. The number of rotatable bonds is 5. The number of halogens is 6. The van der Waals surface area contributed by atoms with Crippen LogP contribution in [0.4, 0.5) is 37.7 Å². The third-order valence-corrected chi connectivity index (χ3v) is 6.07. The van der Waals surface area contributed by atoms with Crippen molar-refractivity contribution in [2.45, 2.75) is 17.2 Å². The number of sulfonamides is 1. The maximum absolute atomic E-state index is 13.0. The topological polar surface area (TPSA) is 95.7 Å². The average Bonchev–Trinajstić information content (AvgIpc) is 2.72. The fraction of sp³-hybridized carbons (Fsp3) is 0.350. The lowest BCUT2D eigenvalue weighted by molar-refractivity contribution is -0.143. The fourth-order valence-electron chi connectivity index (χ4n) is 3.44. The lowest BCUT2D eigenvalue weighted by atomic mass is 10.1. The van der Waals surface area contributed by atoms with Crippen LogP contribution in [-0.2, 0) is 27.2 Å². The monoisotopic (exact) mass is 510 g/mol. The Morgan fingerprint density at radius 3 is 1.82 bits per heavy atom. The minimum absolute atomic E-state index is 0.00956. The van der Waals surface area contributed by atoms with Gasteiger partial charge in [0.25, 0.3) is 0 Å². The first-order chi connectivity index (χ1) is 15.6. The molecule has 34 heavy (non-hydrogen) atoms. The molecule has 0 aliphatic carbocycles. The molecule has 1 aliphatic rings. The normalized spacial score (nSPS) is 15.9. The highest BCUT2D eigenvalue weighted by Crippen LogP contribution is 2.37. The molecule has 0 radical (unpaired) electrons. The van der Waals surface area contributed by atoms with Gasteiger partial charge >= 0.3 is 12.4 Å². The Kier molecular flexibility index (Phi) is 7.15. The van der Waals surface area contributed by atoms with Crippen LogP contribution in [0, 0.1) is 0 Å². The van der Waals surface area contributed by atoms with Gasteiger partial charge in [0.2, 0.25) is 15.9 Å². The van der Waals surface area contributed by atoms with E-state index in [-0.39, 0.29) is 17.5 Å². The first-order valence-corrected chi connectivity index (χ1v) is 11.4. The molecular formula is C20H20F6N4O3S. The van der Waals surface area contributed by atoms with Crippen molar-refractivity contribution in [1.82, 2.24) is 4.90 Å². The summed E-state index contributed by atoms with van der Waals surface area (Å²) in [7, 11) is -3.82. The minimum atomic E-state index is -5.01. The molecule has 0 atom stereocenters. The van der Waals surface area contributed by atoms with Crippen molar-refractivity contribution in [3.05, 3.63) is 53.6 Å². The summed E-state index contributed by atoms with van der Waals surface area (Å²) in [5, 5.41) is 7.18. The van der Waals surface area contributed by atoms with E-state index in [1.54, 1.807) is 17.0 Å². The van der Waals surface area contributed by atoms with Crippen molar-refractivity contribution in [2.24, 2.45) is 5.14 Å². The summed E-state index contributed by atoms with van der Waals surface area (Å²) in [6.45, 7) is 1.48. The van der Waals surface area contributed by atoms with Crippen LogP contribution in [0.25, 0.3) is 0 Å². The van der Waals surface area contributed by atoms with Crippen LogP contribution < -0.4 is 15.4 Å². The van der Waals surface area contributed by atoms with Crippen LogP contribution in [0.3, 0.4) is 0 Å². The third-order valence-electron chi connectivity index (χ3n) is 5.14. The summed E-state index contributed by atoms with van der Waals surface area (Å²) >= 11 is 0. The van der Waals surface area contributed by atoms with Crippen LogP contribution in [-0.4, -0.2) is 51.9 Å². The van der Waals surface area contributed by atoms with Gasteiger partial charge in [0.1, 0.15) is 0 Å². The lowest BCUT2D eigenvalue weighted by Crippen LogP contribution is -2.48. The zero-order valence-corrected chi connectivity index (χ0v) is 18.3. The summed E-state index contributed by atoms with van der Waals surface area (Å²) in [5.74, 6) is -0.751. The van der Waals surface area contributed by atoms with Gasteiger partial charge < -0.3 is 10.2 Å². The largest absolute Gasteiger partial charge is 0.416 e. The number of carbonyl (C=O) groups is 1. The summed E-state index contributed by atoms with van der Waals surface area (Å²) < 4.78 is 101. The van der Waals surface area contributed by atoms with Crippen molar-refractivity contribution in [3.63, 3.8) is 0 Å². The van der Waals surface area contributed by atoms with Gasteiger partial charge in [0, 0.05) is 37.6 Å². The molecule has 1 aliphatic heterocycles. The number of hydrogen-bond acceptors (Lipinski definition) is 5. The Bertz CT molecular complexity index is 1110. The predicted molar refractivity (Wildman–Crippen MR) is 112 cm³/mol. The zero-order valence-electron chi connectivity index (χ0n) is 17.4. The Labute approximate surface area is 191 Å². The molecule has 0 unspecified atom stereocenters. The maximum atomic E-state index is 13.0. The van der Waals surface area contributed by atoms with Gasteiger partial charge in [-0.25, -0.2) is 13.6 Å². The molecule has 0 saturated carbocycles. The average molecular weight is 510 g/mol. The molecule has 186 valence electrons. The van der Waals surface area contributed by atoms with Crippen LogP contribution in [0.2, 0.25) is 0 Å². The molecule has 14 heteroatoms. The number of nitrogens with zero attached hydrogens (tertiary/aromatic N) is 2. The first kappa shape index (κ1) is 25.8. The van der Waals surface area contributed by atoms with E-state index in [1.807, 2.05) is 4.90 Å². The molecule has 0 bridgehead atoms. The standard InChI is InChI=1S/C20H20F6N4O3S/c21-19(22,23)13-9-14(20(24,25)26)11-15(10-13)28-18(31)12-29-5-7-30(8-6-29)16-1-3-17(4-2-16)34(27,32)33/h1-4,9-11H,5-8,12H2,(H,28,31)(H2,27,32,33). The molecule has 1 heterocycles. The Morgan fingerprint density at radius 2 is 1.38 bits per heavy atom. The number of carbonyl (C=O) groups excluding carboxylic acids is 1. The van der Waals surface area contributed by atoms with E-state index in [2.05, 4.69) is 5.32 Å². The predicted octanol–water partition coefficient (Wildman–Crippen LogP) is 3.13. The van der Waals surface area contributed by atoms with Crippen molar-refractivity contribution < 1.29 is 39.6 Å². The van der Waals surface area contributed by atoms with Gasteiger partial charge in [-0.3, -0.25) is 9.69 Å². The second-order valence-electron chi connectivity index (χ2n) is 7.64. The van der Waals surface area contributed by atoms with Crippen LogP contribution >= 0.6 is 0 Å². The first-order valence-electron chi connectivity index (χ1n) is 9.82. The highest BCUT2D eigenvalue weighted by molar-refractivity contribution is 7.89. The second kappa shape index (κ2) is 9.43. The van der Waals surface area contributed by atoms with Crippen LogP contribution in [0.1, 0.15) is 11.1 Å². The molecular weight excluding hydrogens is 490 g/mol. The number of nitrogens with two attached hydrogens (primary N) is 1. The van der Waals surface area contributed by atoms with Crippen LogP contribution in [0.15, 0.2) is 47.4 Å². The fourth-order valence-corrected chi connectivity index (χ4v) is 3.96. The Morgan fingerprint density at radius 1 is 0.882 bits per heavy atom. The molecule has 1 amide bonds. The molecule has 3 N–H and O–H groups in total. The van der Waals surface area contributed by atoms with E-state index in [1.165, 1.54) is 12.1 Å². The smallest absolute Gasteiger partial charge is 0.369 e. The zero-order chi connectivity index (χ0) is 25.3. The molecule has 1 fully saturated rings. The number of hydrogen-bond donors (Lipinski definition) is 2.